The van der Waals surface area contributed by atoms with Gasteiger partial charge >= 0.3 is 5.97 Å². The Morgan fingerprint density at radius 3 is 2.57 bits per heavy atom. The van der Waals surface area contributed by atoms with Crippen molar-refractivity contribution in [3.05, 3.63) is 34.6 Å². The van der Waals surface area contributed by atoms with Gasteiger partial charge in [0.15, 0.2) is 0 Å². The van der Waals surface area contributed by atoms with Gasteiger partial charge in [0.2, 0.25) is 0 Å². The Bertz CT molecular complexity index is 487. The number of hydrogen-bond donors (Lipinski definition) is 1. The highest BCUT2D eigenvalue weighted by atomic mass is 35.5. The third-order valence-corrected chi connectivity index (χ3v) is 4.28. The second kappa shape index (κ2) is 7.76. The third kappa shape index (κ3) is 4.42. The molecule has 1 atom stereocenters. The van der Waals surface area contributed by atoms with E-state index in [2.05, 4.69) is 5.32 Å². The van der Waals surface area contributed by atoms with Crippen molar-refractivity contribution in [3.63, 3.8) is 0 Å². The van der Waals surface area contributed by atoms with Gasteiger partial charge in [-0.2, -0.15) is 0 Å². The van der Waals surface area contributed by atoms with Crippen LogP contribution in [0.2, 0.25) is 5.02 Å². The highest BCUT2D eigenvalue weighted by molar-refractivity contribution is 6.30. The van der Waals surface area contributed by atoms with Gasteiger partial charge in [0.25, 0.3) is 0 Å². The molecule has 1 saturated carbocycles. The number of methoxy groups -OCH3 is 1. The van der Waals surface area contributed by atoms with E-state index in [9.17, 15) is 9.18 Å². The average Bonchev–Trinajstić information content (AvgIpc) is 2.75. The number of carbonyl (C=O) groups excluding carboxylic acids is 1. The zero-order valence-electron chi connectivity index (χ0n) is 12.2. The molecular formula is C16H21ClFNO2. The highest BCUT2D eigenvalue weighted by Gasteiger charge is 2.25. The van der Waals surface area contributed by atoms with Crippen LogP contribution in [0.15, 0.2) is 18.2 Å². The van der Waals surface area contributed by atoms with Gasteiger partial charge < -0.3 is 4.74 Å². The lowest BCUT2D eigenvalue weighted by molar-refractivity contribution is -0.143. The van der Waals surface area contributed by atoms with Crippen LogP contribution in [0.1, 0.15) is 50.1 Å². The molecule has 1 aromatic carbocycles. The van der Waals surface area contributed by atoms with Crippen LogP contribution in [-0.4, -0.2) is 19.1 Å². The third-order valence-electron chi connectivity index (χ3n) is 3.97. The number of nitrogens with one attached hydrogen (secondary N) is 1. The van der Waals surface area contributed by atoms with Crippen LogP contribution in [-0.2, 0) is 9.53 Å². The van der Waals surface area contributed by atoms with Crippen molar-refractivity contribution >= 4 is 17.6 Å². The predicted molar refractivity (Wildman–Crippen MR) is 80.8 cm³/mol. The van der Waals surface area contributed by atoms with E-state index in [0.29, 0.717) is 5.56 Å². The van der Waals surface area contributed by atoms with Gasteiger partial charge in [-0.15, -0.1) is 0 Å². The number of hydrogen-bond acceptors (Lipinski definition) is 3. The van der Waals surface area contributed by atoms with E-state index < -0.39 is 17.8 Å². The molecule has 0 heterocycles. The Balaban J connectivity index is 2.17. The summed E-state index contributed by atoms with van der Waals surface area (Å²) in [4.78, 5) is 12.0. The summed E-state index contributed by atoms with van der Waals surface area (Å²) in [6.45, 7) is 0. The van der Waals surface area contributed by atoms with Crippen molar-refractivity contribution in [2.75, 3.05) is 7.11 Å². The monoisotopic (exact) mass is 313 g/mol. The van der Waals surface area contributed by atoms with E-state index in [-0.39, 0.29) is 11.1 Å². The normalized spacial score (nSPS) is 18.0. The molecule has 1 fully saturated rings. The van der Waals surface area contributed by atoms with Crippen molar-refractivity contribution in [3.8, 4) is 0 Å². The van der Waals surface area contributed by atoms with Gasteiger partial charge in [-0.05, 0) is 30.5 Å². The van der Waals surface area contributed by atoms with Crippen LogP contribution in [0.3, 0.4) is 0 Å². The van der Waals surface area contributed by atoms with Crippen LogP contribution in [0.4, 0.5) is 4.39 Å². The molecule has 116 valence electrons. The van der Waals surface area contributed by atoms with E-state index in [1.807, 2.05) is 0 Å². The fourth-order valence-corrected chi connectivity index (χ4v) is 2.91. The molecule has 0 bridgehead atoms. The summed E-state index contributed by atoms with van der Waals surface area (Å²) in [5.74, 6) is -0.924. The van der Waals surface area contributed by atoms with Crippen molar-refractivity contribution in [1.29, 1.82) is 0 Å². The van der Waals surface area contributed by atoms with Gasteiger partial charge in [0.05, 0.1) is 12.1 Å². The Hall–Kier alpha value is -1.13. The largest absolute Gasteiger partial charge is 0.468 e. The number of esters is 1. The number of ether oxygens (including phenoxy) is 1. The fourth-order valence-electron chi connectivity index (χ4n) is 2.79. The van der Waals surface area contributed by atoms with Crippen LogP contribution >= 0.6 is 11.6 Å². The molecule has 1 aliphatic carbocycles. The first-order valence-corrected chi connectivity index (χ1v) is 7.78. The minimum Gasteiger partial charge on any atom is -0.468 e. The summed E-state index contributed by atoms with van der Waals surface area (Å²) in [7, 11) is 1.34. The Kier molecular flexibility index (Phi) is 6.00. The van der Waals surface area contributed by atoms with Crippen LogP contribution in [0.25, 0.3) is 0 Å². The van der Waals surface area contributed by atoms with Gasteiger partial charge in [0.1, 0.15) is 11.9 Å². The van der Waals surface area contributed by atoms with E-state index in [1.165, 1.54) is 32.1 Å². The van der Waals surface area contributed by atoms with Crippen LogP contribution < -0.4 is 5.32 Å². The van der Waals surface area contributed by atoms with Gasteiger partial charge in [-0.3, -0.25) is 5.32 Å². The van der Waals surface area contributed by atoms with Crippen LogP contribution in [0, 0.1) is 5.82 Å². The molecule has 5 heteroatoms. The number of halogens is 2. The highest BCUT2D eigenvalue weighted by Crippen LogP contribution is 2.24. The topological polar surface area (TPSA) is 38.3 Å². The van der Waals surface area contributed by atoms with Gasteiger partial charge in [-0.1, -0.05) is 43.4 Å². The summed E-state index contributed by atoms with van der Waals surface area (Å²) in [6, 6.07) is 4.04. The molecular weight excluding hydrogens is 293 g/mol. The molecule has 1 N–H and O–H groups in total. The maximum atomic E-state index is 13.6. The van der Waals surface area contributed by atoms with Crippen molar-refractivity contribution < 1.29 is 13.9 Å². The number of benzene rings is 1. The molecule has 2 rings (SSSR count). The summed E-state index contributed by atoms with van der Waals surface area (Å²) in [5.41, 5.74) is 0.549. The summed E-state index contributed by atoms with van der Waals surface area (Å²) >= 11 is 5.70. The Morgan fingerprint density at radius 1 is 1.33 bits per heavy atom. The molecule has 0 amide bonds. The first kappa shape index (κ1) is 16.2. The van der Waals surface area contributed by atoms with E-state index in [1.54, 1.807) is 6.07 Å². The first-order chi connectivity index (χ1) is 10.1. The molecule has 0 spiro atoms. The number of carbonyl (C=O) groups is 1. The second-order valence-corrected chi connectivity index (χ2v) is 5.89. The molecule has 0 aromatic heterocycles. The van der Waals surface area contributed by atoms with E-state index >= 15 is 0 Å². The summed E-state index contributed by atoms with van der Waals surface area (Å²) < 4.78 is 18.5. The number of rotatable bonds is 4. The molecule has 21 heavy (non-hydrogen) atoms. The lowest BCUT2D eigenvalue weighted by atomic mass is 10.0. The van der Waals surface area contributed by atoms with Crippen molar-refractivity contribution in [2.24, 2.45) is 0 Å². The SMILES string of the molecule is COC(=O)C(NC1CCCCCC1)c1ccc(Cl)c(F)c1. The zero-order valence-corrected chi connectivity index (χ0v) is 13.0. The zero-order chi connectivity index (χ0) is 15.2. The second-order valence-electron chi connectivity index (χ2n) is 5.48. The van der Waals surface area contributed by atoms with Gasteiger partial charge in [-0.25, -0.2) is 9.18 Å². The summed E-state index contributed by atoms with van der Waals surface area (Å²) in [5, 5.41) is 3.38. The molecule has 3 nitrogen and oxygen atoms in total. The standard InChI is InChI=1S/C16H21ClFNO2/c1-21-16(20)15(11-8-9-13(17)14(18)10-11)19-12-6-4-2-3-5-7-12/h8-10,12,15,19H,2-7H2,1H3. The fraction of sp³-hybridized carbons (Fsp3) is 0.562. The maximum absolute atomic E-state index is 13.6. The van der Waals surface area contributed by atoms with Crippen LogP contribution in [0.5, 0.6) is 0 Å². The Labute approximate surface area is 129 Å². The van der Waals surface area contributed by atoms with Crippen molar-refractivity contribution in [1.82, 2.24) is 5.32 Å². The first-order valence-electron chi connectivity index (χ1n) is 7.40. The van der Waals surface area contributed by atoms with E-state index in [4.69, 9.17) is 16.3 Å². The lowest BCUT2D eigenvalue weighted by Gasteiger charge is -2.23. The summed E-state index contributed by atoms with van der Waals surface area (Å²) in [6.07, 6.45) is 6.83. The van der Waals surface area contributed by atoms with Gasteiger partial charge in [0, 0.05) is 6.04 Å². The Morgan fingerprint density at radius 2 is 2.00 bits per heavy atom. The molecule has 1 aromatic rings. The maximum Gasteiger partial charge on any atom is 0.327 e. The predicted octanol–water partition coefficient (Wildman–Crippen LogP) is 4.01. The molecule has 0 saturated heterocycles. The average molecular weight is 314 g/mol. The lowest BCUT2D eigenvalue weighted by Crippen LogP contribution is -2.37. The molecule has 1 aliphatic rings. The minimum atomic E-state index is -0.648. The quantitative estimate of drug-likeness (QED) is 0.674. The molecule has 1 unspecified atom stereocenters. The van der Waals surface area contributed by atoms with Crippen molar-refractivity contribution in [2.45, 2.75) is 50.6 Å². The van der Waals surface area contributed by atoms with E-state index in [0.717, 1.165) is 25.7 Å². The minimum absolute atomic E-state index is 0.0526. The smallest absolute Gasteiger partial charge is 0.327 e. The molecule has 0 radical (unpaired) electrons. The molecule has 0 aliphatic heterocycles.